The molecule has 1 aromatic carbocycles. The summed E-state index contributed by atoms with van der Waals surface area (Å²) < 4.78 is 5.65. The highest BCUT2D eigenvalue weighted by Crippen LogP contribution is 2.26. The Morgan fingerprint density at radius 1 is 1.40 bits per heavy atom. The van der Waals surface area contributed by atoms with Crippen LogP contribution in [0, 0.1) is 0 Å². The summed E-state index contributed by atoms with van der Waals surface area (Å²) in [5, 5.41) is 3.45. The molecule has 0 aliphatic carbocycles. The zero-order valence-electron chi connectivity index (χ0n) is 11.6. The molecule has 2 aromatic rings. The Hall–Kier alpha value is -1.39. The number of halogens is 1. The van der Waals surface area contributed by atoms with Crippen molar-refractivity contribution in [3.05, 3.63) is 44.9 Å². The lowest BCUT2D eigenvalue weighted by molar-refractivity contribution is 0.111. The number of hydrogen-bond acceptors (Lipinski definition) is 4. The van der Waals surface area contributed by atoms with E-state index in [1.165, 1.54) is 0 Å². The molecule has 2 rings (SSSR count). The lowest BCUT2D eigenvalue weighted by atomic mass is 9.93. The number of benzene rings is 1. The second-order valence-electron chi connectivity index (χ2n) is 5.47. The summed E-state index contributed by atoms with van der Waals surface area (Å²) in [6, 6.07) is 4.99. The third kappa shape index (κ3) is 3.58. The van der Waals surface area contributed by atoms with E-state index in [9.17, 15) is 4.79 Å². The van der Waals surface area contributed by atoms with E-state index in [1.807, 2.05) is 5.38 Å². The number of carbonyl (C=O) groups is 1. The third-order valence-corrected chi connectivity index (χ3v) is 3.83. The minimum atomic E-state index is 0.0307. The summed E-state index contributed by atoms with van der Waals surface area (Å²) in [7, 11) is 0. The normalized spacial score (nSPS) is 11.4. The molecular weight excluding hydrogens is 294 g/mol. The van der Waals surface area contributed by atoms with Crippen LogP contribution in [-0.4, -0.2) is 11.3 Å². The Bertz CT molecular complexity index is 617. The molecule has 1 heterocycles. The molecule has 5 heteroatoms. The first-order chi connectivity index (χ1) is 9.40. The van der Waals surface area contributed by atoms with E-state index in [1.54, 1.807) is 29.5 Å². The number of hydrogen-bond donors (Lipinski definition) is 0. The highest BCUT2D eigenvalue weighted by Gasteiger charge is 2.17. The maximum atomic E-state index is 11.0. The van der Waals surface area contributed by atoms with Gasteiger partial charge < -0.3 is 4.74 Å². The average Bonchev–Trinajstić information content (AvgIpc) is 2.86. The van der Waals surface area contributed by atoms with E-state index in [2.05, 4.69) is 25.8 Å². The highest BCUT2D eigenvalue weighted by atomic mass is 35.5. The first-order valence-electron chi connectivity index (χ1n) is 6.22. The van der Waals surface area contributed by atoms with Crippen molar-refractivity contribution in [3.8, 4) is 5.75 Å². The van der Waals surface area contributed by atoms with Crippen molar-refractivity contribution in [1.82, 2.24) is 4.98 Å². The van der Waals surface area contributed by atoms with Crippen molar-refractivity contribution < 1.29 is 9.53 Å². The summed E-state index contributed by atoms with van der Waals surface area (Å²) >= 11 is 7.40. The van der Waals surface area contributed by atoms with E-state index in [4.69, 9.17) is 16.3 Å². The molecule has 0 spiro atoms. The molecule has 3 nitrogen and oxygen atoms in total. The van der Waals surface area contributed by atoms with E-state index in [-0.39, 0.29) is 5.41 Å². The lowest BCUT2D eigenvalue weighted by Gasteiger charge is -2.14. The van der Waals surface area contributed by atoms with Crippen LogP contribution in [0.1, 0.15) is 41.8 Å². The monoisotopic (exact) mass is 309 g/mol. The van der Waals surface area contributed by atoms with Crippen LogP contribution in [0.15, 0.2) is 23.6 Å². The van der Waals surface area contributed by atoms with E-state index < -0.39 is 0 Å². The van der Waals surface area contributed by atoms with Crippen LogP contribution in [0.2, 0.25) is 5.02 Å². The van der Waals surface area contributed by atoms with Crippen LogP contribution in [0.4, 0.5) is 0 Å². The standard InChI is InChI=1S/C15H16ClNO2S/c1-15(2,3)13-9-20-14(17-13)8-19-12-5-4-11(16)6-10(12)7-18/h4-7,9H,8H2,1-3H3. The zero-order chi connectivity index (χ0) is 14.8. The molecule has 0 amide bonds. The van der Waals surface area contributed by atoms with Crippen molar-refractivity contribution >= 4 is 29.2 Å². The van der Waals surface area contributed by atoms with Crippen molar-refractivity contribution in [2.24, 2.45) is 0 Å². The van der Waals surface area contributed by atoms with Crippen LogP contribution in [0.25, 0.3) is 0 Å². The van der Waals surface area contributed by atoms with Crippen LogP contribution in [-0.2, 0) is 12.0 Å². The highest BCUT2D eigenvalue weighted by molar-refractivity contribution is 7.09. The van der Waals surface area contributed by atoms with Crippen molar-refractivity contribution in [2.45, 2.75) is 32.8 Å². The second kappa shape index (κ2) is 5.94. The predicted octanol–water partition coefficient (Wildman–Crippen LogP) is 4.49. The Labute approximate surface area is 127 Å². The van der Waals surface area contributed by atoms with E-state index in [0.29, 0.717) is 22.9 Å². The first-order valence-corrected chi connectivity index (χ1v) is 7.48. The largest absolute Gasteiger partial charge is 0.486 e. The molecule has 0 aliphatic rings. The minimum absolute atomic E-state index is 0.0307. The van der Waals surface area contributed by atoms with Gasteiger partial charge in [0.15, 0.2) is 6.29 Å². The lowest BCUT2D eigenvalue weighted by Crippen LogP contribution is -2.11. The first kappa shape index (κ1) is 15.0. The second-order valence-corrected chi connectivity index (χ2v) is 6.84. The molecule has 0 aliphatic heterocycles. The molecule has 0 radical (unpaired) electrons. The molecule has 0 saturated carbocycles. The average molecular weight is 310 g/mol. The number of ether oxygens (including phenoxy) is 1. The van der Waals surface area contributed by atoms with Gasteiger partial charge >= 0.3 is 0 Å². The molecule has 0 bridgehead atoms. The summed E-state index contributed by atoms with van der Waals surface area (Å²) in [6.45, 7) is 6.71. The summed E-state index contributed by atoms with van der Waals surface area (Å²) in [4.78, 5) is 15.5. The van der Waals surface area contributed by atoms with E-state index >= 15 is 0 Å². The van der Waals surface area contributed by atoms with Gasteiger partial charge in [-0.1, -0.05) is 32.4 Å². The third-order valence-electron chi connectivity index (χ3n) is 2.77. The Balaban J connectivity index is 2.09. The van der Waals surface area contributed by atoms with Crippen LogP contribution >= 0.6 is 22.9 Å². The maximum Gasteiger partial charge on any atom is 0.153 e. The number of carbonyl (C=O) groups excluding carboxylic acids is 1. The van der Waals surface area contributed by atoms with Gasteiger partial charge in [0.25, 0.3) is 0 Å². The smallest absolute Gasteiger partial charge is 0.153 e. The van der Waals surface area contributed by atoms with Gasteiger partial charge in [0.1, 0.15) is 17.4 Å². The summed E-state index contributed by atoms with van der Waals surface area (Å²) in [6.07, 6.45) is 0.740. The molecule has 0 saturated heterocycles. The van der Waals surface area contributed by atoms with Crippen LogP contribution < -0.4 is 4.74 Å². The molecular formula is C15H16ClNO2S. The number of aldehydes is 1. The molecule has 0 atom stereocenters. The van der Waals surface area contributed by atoms with Gasteiger partial charge in [-0.15, -0.1) is 11.3 Å². The number of rotatable bonds is 4. The van der Waals surface area contributed by atoms with Gasteiger partial charge in [-0.25, -0.2) is 4.98 Å². The number of aromatic nitrogens is 1. The fraction of sp³-hybridized carbons (Fsp3) is 0.333. The Kier molecular flexibility index (Phi) is 4.45. The number of thiazole rings is 1. The Morgan fingerprint density at radius 3 is 2.75 bits per heavy atom. The predicted molar refractivity (Wildman–Crippen MR) is 82.0 cm³/mol. The topological polar surface area (TPSA) is 39.2 Å². The summed E-state index contributed by atoms with van der Waals surface area (Å²) in [5.41, 5.74) is 1.53. The van der Waals surface area contributed by atoms with Crippen molar-refractivity contribution in [1.29, 1.82) is 0 Å². The molecule has 0 fully saturated rings. The molecule has 0 N–H and O–H groups in total. The fourth-order valence-corrected chi connectivity index (χ4v) is 2.72. The van der Waals surface area contributed by atoms with E-state index in [0.717, 1.165) is 17.0 Å². The molecule has 106 valence electrons. The zero-order valence-corrected chi connectivity index (χ0v) is 13.2. The van der Waals surface area contributed by atoms with Crippen molar-refractivity contribution in [3.63, 3.8) is 0 Å². The van der Waals surface area contributed by atoms with Gasteiger partial charge in [-0.3, -0.25) is 4.79 Å². The Morgan fingerprint density at radius 2 is 2.15 bits per heavy atom. The quantitative estimate of drug-likeness (QED) is 0.781. The van der Waals surface area contributed by atoms with Crippen LogP contribution in [0.3, 0.4) is 0 Å². The van der Waals surface area contributed by atoms with Crippen LogP contribution in [0.5, 0.6) is 5.75 Å². The fourth-order valence-electron chi connectivity index (χ4n) is 1.60. The SMILES string of the molecule is CC(C)(C)c1csc(COc2ccc(Cl)cc2C=O)n1. The minimum Gasteiger partial charge on any atom is -0.486 e. The maximum absolute atomic E-state index is 11.0. The van der Waals surface area contributed by atoms with Gasteiger partial charge in [0.2, 0.25) is 0 Å². The molecule has 0 unspecified atom stereocenters. The number of nitrogens with zero attached hydrogens (tertiary/aromatic N) is 1. The van der Waals surface area contributed by atoms with Gasteiger partial charge in [-0.05, 0) is 18.2 Å². The molecule has 1 aromatic heterocycles. The molecule has 20 heavy (non-hydrogen) atoms. The van der Waals surface area contributed by atoms with Gasteiger partial charge in [0, 0.05) is 15.8 Å². The van der Waals surface area contributed by atoms with Gasteiger partial charge in [0.05, 0.1) is 11.3 Å². The van der Waals surface area contributed by atoms with Gasteiger partial charge in [-0.2, -0.15) is 0 Å². The van der Waals surface area contributed by atoms with Crippen molar-refractivity contribution in [2.75, 3.05) is 0 Å². The summed E-state index contributed by atoms with van der Waals surface area (Å²) in [5.74, 6) is 0.525.